The van der Waals surface area contributed by atoms with E-state index in [4.69, 9.17) is 16.3 Å². The fourth-order valence-electron chi connectivity index (χ4n) is 3.58. The lowest BCUT2D eigenvalue weighted by molar-refractivity contribution is -0.145. The molecule has 0 radical (unpaired) electrons. The first-order valence-corrected chi connectivity index (χ1v) is 9.64. The Morgan fingerprint density at radius 3 is 2.84 bits per heavy atom. The molecule has 0 aliphatic carbocycles. The predicted molar refractivity (Wildman–Crippen MR) is 101 cm³/mol. The quantitative estimate of drug-likeness (QED) is 0.814. The number of carboxylic acids is 1. The van der Waals surface area contributed by atoms with Crippen molar-refractivity contribution in [2.75, 3.05) is 13.7 Å². The van der Waals surface area contributed by atoms with Crippen molar-refractivity contribution in [1.29, 1.82) is 0 Å². The van der Waals surface area contributed by atoms with Crippen LogP contribution in [0.15, 0.2) is 29.6 Å². The van der Waals surface area contributed by atoms with Crippen LogP contribution in [0.1, 0.15) is 41.3 Å². The van der Waals surface area contributed by atoms with Crippen molar-refractivity contribution in [3.05, 3.63) is 50.7 Å². The summed E-state index contributed by atoms with van der Waals surface area (Å²) in [5.74, 6) is -0.0307. The molecular weight excluding hydrogens is 358 g/mol. The monoisotopic (exact) mass is 379 g/mol. The number of thiophene rings is 1. The van der Waals surface area contributed by atoms with Crippen molar-refractivity contribution >= 4 is 28.9 Å². The van der Waals surface area contributed by atoms with Gasteiger partial charge in [0.25, 0.3) is 0 Å². The minimum atomic E-state index is -0.764. The Morgan fingerprint density at radius 1 is 1.40 bits per heavy atom. The fourth-order valence-corrected chi connectivity index (χ4v) is 4.83. The predicted octanol–water partition coefficient (Wildman–Crippen LogP) is 4.75. The zero-order valence-corrected chi connectivity index (χ0v) is 15.9. The van der Waals surface area contributed by atoms with Gasteiger partial charge >= 0.3 is 5.97 Å². The highest BCUT2D eigenvalue weighted by Gasteiger charge is 2.37. The maximum absolute atomic E-state index is 11.9. The highest BCUT2D eigenvalue weighted by Crippen LogP contribution is 2.42. The largest absolute Gasteiger partial charge is 0.496 e. The Bertz CT molecular complexity index is 761. The van der Waals surface area contributed by atoms with Crippen LogP contribution in [0.5, 0.6) is 5.75 Å². The van der Waals surface area contributed by atoms with Gasteiger partial charge in [0, 0.05) is 15.5 Å². The van der Waals surface area contributed by atoms with E-state index in [9.17, 15) is 9.90 Å². The molecule has 2 heterocycles. The van der Waals surface area contributed by atoms with E-state index in [0.29, 0.717) is 11.4 Å². The summed E-state index contributed by atoms with van der Waals surface area (Å²) in [5, 5.41) is 12.4. The maximum atomic E-state index is 11.9. The summed E-state index contributed by atoms with van der Waals surface area (Å²) in [6.07, 6.45) is 2.60. The van der Waals surface area contributed by atoms with Crippen LogP contribution in [0.4, 0.5) is 0 Å². The van der Waals surface area contributed by atoms with E-state index in [-0.39, 0.29) is 6.04 Å². The molecule has 3 rings (SSSR count). The molecule has 0 spiro atoms. The number of halogens is 1. The third kappa shape index (κ3) is 3.68. The van der Waals surface area contributed by atoms with Gasteiger partial charge in [0.2, 0.25) is 0 Å². The molecule has 6 heteroatoms. The molecule has 1 aromatic heterocycles. The van der Waals surface area contributed by atoms with Gasteiger partial charge in [-0.15, -0.1) is 11.3 Å². The summed E-state index contributed by atoms with van der Waals surface area (Å²) >= 11 is 7.92. The third-order valence-corrected chi connectivity index (χ3v) is 6.10. The first-order chi connectivity index (χ1) is 12.0. The molecule has 1 N–H and O–H groups in total. The number of hydrogen-bond acceptors (Lipinski definition) is 4. The zero-order valence-electron chi connectivity index (χ0n) is 14.4. The molecule has 4 nitrogen and oxygen atoms in total. The smallest absolute Gasteiger partial charge is 0.320 e. The first-order valence-electron chi connectivity index (χ1n) is 8.39. The molecule has 1 fully saturated rings. The average molecular weight is 380 g/mol. The number of aryl methyl sites for hydroxylation is 1. The molecule has 1 aliphatic heterocycles. The number of piperidine rings is 1. The van der Waals surface area contributed by atoms with Gasteiger partial charge in [-0.3, -0.25) is 9.69 Å². The highest BCUT2D eigenvalue weighted by molar-refractivity contribution is 7.10. The molecule has 134 valence electrons. The number of benzene rings is 1. The lowest BCUT2D eigenvalue weighted by atomic mass is 9.93. The number of methoxy groups -OCH3 is 1. The van der Waals surface area contributed by atoms with E-state index < -0.39 is 12.0 Å². The summed E-state index contributed by atoms with van der Waals surface area (Å²) in [7, 11) is 1.63. The normalized spacial score (nSPS) is 19.6. The zero-order chi connectivity index (χ0) is 18.0. The second-order valence-corrected chi connectivity index (χ2v) is 7.73. The lowest BCUT2D eigenvalue weighted by Crippen LogP contribution is -2.46. The van der Waals surface area contributed by atoms with Crippen LogP contribution in [-0.2, 0) is 4.79 Å². The molecule has 0 amide bonds. The van der Waals surface area contributed by atoms with Gasteiger partial charge < -0.3 is 9.84 Å². The minimum Gasteiger partial charge on any atom is -0.496 e. The molecule has 1 aliphatic rings. The summed E-state index contributed by atoms with van der Waals surface area (Å²) < 4.78 is 5.58. The molecule has 1 aromatic carbocycles. The van der Waals surface area contributed by atoms with Crippen molar-refractivity contribution in [1.82, 2.24) is 4.90 Å². The van der Waals surface area contributed by atoms with Crippen molar-refractivity contribution < 1.29 is 14.6 Å². The summed E-state index contributed by atoms with van der Waals surface area (Å²) in [6.45, 7) is 2.81. The van der Waals surface area contributed by atoms with Crippen LogP contribution in [0, 0.1) is 6.92 Å². The maximum Gasteiger partial charge on any atom is 0.320 e. The van der Waals surface area contributed by atoms with Gasteiger partial charge in [0.15, 0.2) is 0 Å². The second kappa shape index (κ2) is 7.77. The SMILES string of the molecule is COc1ccc(Cl)cc1C(c1sccc1C)N1CCCCC1C(=O)O. The number of hydrogen-bond donors (Lipinski definition) is 1. The number of nitrogens with zero attached hydrogens (tertiary/aromatic N) is 1. The second-order valence-electron chi connectivity index (χ2n) is 6.34. The van der Waals surface area contributed by atoms with Gasteiger partial charge in [0.05, 0.1) is 13.2 Å². The number of aliphatic carboxylic acids is 1. The summed E-state index contributed by atoms with van der Waals surface area (Å²) in [4.78, 5) is 15.1. The first kappa shape index (κ1) is 18.2. The van der Waals surface area contributed by atoms with Crippen LogP contribution >= 0.6 is 22.9 Å². The van der Waals surface area contributed by atoms with Gasteiger partial charge in [-0.25, -0.2) is 0 Å². The lowest BCUT2D eigenvalue weighted by Gasteiger charge is -2.39. The average Bonchev–Trinajstić information content (AvgIpc) is 3.02. The van der Waals surface area contributed by atoms with Crippen molar-refractivity contribution in [3.63, 3.8) is 0 Å². The van der Waals surface area contributed by atoms with Gasteiger partial charge in [-0.2, -0.15) is 0 Å². The van der Waals surface area contributed by atoms with Crippen LogP contribution in [0.25, 0.3) is 0 Å². The van der Waals surface area contributed by atoms with Gasteiger partial charge in [0.1, 0.15) is 11.8 Å². The number of rotatable bonds is 5. The Labute approximate surface area is 157 Å². The number of ether oxygens (including phenoxy) is 1. The van der Waals surface area contributed by atoms with E-state index >= 15 is 0 Å². The van der Waals surface area contributed by atoms with Crippen molar-refractivity contribution in [2.24, 2.45) is 0 Å². The van der Waals surface area contributed by atoms with Gasteiger partial charge in [-0.05, 0) is 61.5 Å². The molecule has 25 heavy (non-hydrogen) atoms. The molecule has 2 aromatic rings. The minimum absolute atomic E-state index is 0.171. The van der Waals surface area contributed by atoms with Crippen molar-refractivity contribution in [2.45, 2.75) is 38.3 Å². The molecule has 1 saturated heterocycles. The Hall–Kier alpha value is -1.56. The van der Waals surface area contributed by atoms with E-state index in [1.165, 1.54) is 0 Å². The van der Waals surface area contributed by atoms with Crippen molar-refractivity contribution in [3.8, 4) is 5.75 Å². The molecule has 0 saturated carbocycles. The number of likely N-dealkylation sites (tertiary alicyclic amines) is 1. The fraction of sp³-hybridized carbons (Fsp3) is 0.421. The van der Waals surface area contributed by atoms with Crippen LogP contribution < -0.4 is 4.74 Å². The van der Waals surface area contributed by atoms with Crippen LogP contribution in [0.2, 0.25) is 5.02 Å². The van der Waals surface area contributed by atoms with E-state index in [1.807, 2.05) is 12.1 Å². The Kier molecular flexibility index (Phi) is 5.67. The highest BCUT2D eigenvalue weighted by atomic mass is 35.5. The summed E-state index contributed by atoms with van der Waals surface area (Å²) in [6, 6.07) is 6.96. The molecule has 2 unspecified atom stereocenters. The Balaban J connectivity index is 2.15. The Morgan fingerprint density at radius 2 is 2.20 bits per heavy atom. The van der Waals surface area contributed by atoms with E-state index in [2.05, 4.69) is 23.3 Å². The summed E-state index contributed by atoms with van der Waals surface area (Å²) in [5.41, 5.74) is 2.08. The van der Waals surface area contributed by atoms with Crippen LogP contribution in [0.3, 0.4) is 0 Å². The molecule has 2 atom stereocenters. The van der Waals surface area contributed by atoms with E-state index in [1.54, 1.807) is 24.5 Å². The number of carboxylic acid groups (broad SMARTS) is 1. The number of carbonyl (C=O) groups is 1. The van der Waals surface area contributed by atoms with Gasteiger partial charge in [-0.1, -0.05) is 18.0 Å². The topological polar surface area (TPSA) is 49.8 Å². The molecule has 0 bridgehead atoms. The standard InChI is InChI=1S/C19H22ClNO3S/c1-12-8-10-25-18(12)17(14-11-13(20)6-7-16(14)24-2)21-9-4-3-5-15(21)19(22)23/h6-8,10-11,15,17H,3-5,9H2,1-2H3,(H,22,23). The molecular formula is C19H22ClNO3S. The third-order valence-electron chi connectivity index (χ3n) is 4.80. The van der Waals surface area contributed by atoms with Crippen LogP contribution in [-0.4, -0.2) is 35.7 Å². The van der Waals surface area contributed by atoms with E-state index in [0.717, 1.165) is 41.1 Å².